The van der Waals surface area contributed by atoms with Gasteiger partial charge in [0, 0.05) is 13.2 Å². The lowest BCUT2D eigenvalue weighted by Gasteiger charge is -2.19. The molecular formula is C14H21N5. The number of pyridine rings is 1. The average Bonchev–Trinajstić information content (AvgIpc) is 2.81. The molecule has 0 aliphatic carbocycles. The molecule has 5 nitrogen and oxygen atoms in total. The minimum absolute atomic E-state index is 0.248. The molecule has 0 aromatic carbocycles. The summed E-state index contributed by atoms with van der Waals surface area (Å²) < 4.78 is 1.93. The van der Waals surface area contributed by atoms with Crippen molar-refractivity contribution in [2.75, 3.05) is 0 Å². The summed E-state index contributed by atoms with van der Waals surface area (Å²) in [5.41, 5.74) is 1.08. The molecule has 0 unspecified atom stereocenters. The van der Waals surface area contributed by atoms with Gasteiger partial charge in [-0.25, -0.2) is 0 Å². The molecule has 0 aliphatic heterocycles. The summed E-state index contributed by atoms with van der Waals surface area (Å²) in [6.07, 6.45) is 4.61. The van der Waals surface area contributed by atoms with Gasteiger partial charge in [0.05, 0.1) is 18.3 Å². The Morgan fingerprint density at radius 2 is 2.16 bits per heavy atom. The summed E-state index contributed by atoms with van der Waals surface area (Å²) in [5.74, 6) is 1.55. The van der Waals surface area contributed by atoms with Crippen LogP contribution in [0.5, 0.6) is 0 Å². The van der Waals surface area contributed by atoms with Gasteiger partial charge in [0.25, 0.3) is 0 Å². The molecule has 102 valence electrons. The van der Waals surface area contributed by atoms with Crippen LogP contribution in [0.25, 0.3) is 0 Å². The van der Waals surface area contributed by atoms with Crippen LogP contribution in [0.3, 0.4) is 0 Å². The molecule has 0 amide bonds. The van der Waals surface area contributed by atoms with Gasteiger partial charge in [-0.3, -0.25) is 4.98 Å². The molecule has 0 spiro atoms. The normalized spacial score (nSPS) is 12.8. The number of hydrogen-bond acceptors (Lipinski definition) is 4. The first kappa shape index (κ1) is 13.7. The number of aromatic nitrogens is 4. The maximum Gasteiger partial charge on any atom is 0.146 e. The maximum atomic E-state index is 4.45. The van der Waals surface area contributed by atoms with E-state index in [1.54, 1.807) is 6.33 Å². The molecule has 19 heavy (non-hydrogen) atoms. The third kappa shape index (κ3) is 3.86. The second kappa shape index (κ2) is 6.43. The van der Waals surface area contributed by atoms with Crippen LogP contribution >= 0.6 is 0 Å². The molecule has 2 aromatic rings. The molecule has 2 heterocycles. The molecule has 1 N–H and O–H groups in total. The van der Waals surface area contributed by atoms with Crippen LogP contribution in [0, 0.1) is 5.92 Å². The van der Waals surface area contributed by atoms with E-state index in [0.717, 1.165) is 17.9 Å². The van der Waals surface area contributed by atoms with Crippen molar-refractivity contribution in [3.8, 4) is 0 Å². The largest absolute Gasteiger partial charge is 0.320 e. The number of hydrogen-bond donors (Lipinski definition) is 1. The van der Waals surface area contributed by atoms with Gasteiger partial charge in [-0.15, -0.1) is 10.2 Å². The Hall–Kier alpha value is -1.75. The van der Waals surface area contributed by atoms with E-state index in [0.29, 0.717) is 12.5 Å². The zero-order valence-electron chi connectivity index (χ0n) is 11.7. The Labute approximate surface area is 114 Å². The van der Waals surface area contributed by atoms with Crippen LogP contribution in [0.15, 0.2) is 30.7 Å². The lowest BCUT2D eigenvalue weighted by atomic mass is 10.0. The van der Waals surface area contributed by atoms with Crippen molar-refractivity contribution in [1.29, 1.82) is 0 Å². The lowest BCUT2D eigenvalue weighted by molar-refractivity contribution is 0.414. The fraction of sp³-hybridized carbons (Fsp3) is 0.500. The van der Waals surface area contributed by atoms with Crippen molar-refractivity contribution in [3.63, 3.8) is 0 Å². The fourth-order valence-electron chi connectivity index (χ4n) is 2.04. The zero-order chi connectivity index (χ0) is 13.7. The van der Waals surface area contributed by atoms with Crippen molar-refractivity contribution >= 4 is 0 Å². The Kier molecular flexibility index (Phi) is 4.63. The average molecular weight is 259 g/mol. The van der Waals surface area contributed by atoms with E-state index in [4.69, 9.17) is 0 Å². The lowest BCUT2D eigenvalue weighted by Crippen LogP contribution is -2.24. The Morgan fingerprint density at radius 3 is 2.74 bits per heavy atom. The number of nitrogens with zero attached hydrogens (tertiary/aromatic N) is 4. The Balaban J connectivity index is 2.04. The second-order valence-electron chi connectivity index (χ2n) is 5.18. The van der Waals surface area contributed by atoms with Crippen LogP contribution in [0.4, 0.5) is 0 Å². The predicted octanol–water partition coefficient (Wildman–Crippen LogP) is 2.09. The third-order valence-corrected chi connectivity index (χ3v) is 3.06. The van der Waals surface area contributed by atoms with E-state index < -0.39 is 0 Å². The van der Waals surface area contributed by atoms with Crippen molar-refractivity contribution < 1.29 is 0 Å². The molecule has 5 heteroatoms. The topological polar surface area (TPSA) is 55.6 Å². The Morgan fingerprint density at radius 1 is 1.32 bits per heavy atom. The molecule has 2 rings (SSSR count). The zero-order valence-corrected chi connectivity index (χ0v) is 11.7. The van der Waals surface area contributed by atoms with Gasteiger partial charge in [-0.1, -0.05) is 19.9 Å². The number of nitrogens with one attached hydrogen (secondary N) is 1. The molecule has 0 saturated heterocycles. The summed E-state index contributed by atoms with van der Waals surface area (Å²) in [6.45, 7) is 5.14. The molecular weight excluding hydrogens is 238 g/mol. The van der Waals surface area contributed by atoms with Crippen molar-refractivity contribution in [2.24, 2.45) is 13.0 Å². The first-order valence-electron chi connectivity index (χ1n) is 6.64. The van der Waals surface area contributed by atoms with Gasteiger partial charge in [-0.2, -0.15) is 0 Å². The van der Waals surface area contributed by atoms with Crippen molar-refractivity contribution in [2.45, 2.75) is 32.9 Å². The van der Waals surface area contributed by atoms with E-state index in [9.17, 15) is 0 Å². The van der Waals surface area contributed by atoms with Crippen LogP contribution in [0.1, 0.15) is 37.8 Å². The molecule has 0 aliphatic rings. The van der Waals surface area contributed by atoms with E-state index in [-0.39, 0.29) is 6.04 Å². The first-order valence-corrected chi connectivity index (χ1v) is 6.64. The van der Waals surface area contributed by atoms with Crippen LogP contribution in [-0.2, 0) is 13.6 Å². The van der Waals surface area contributed by atoms with Crippen molar-refractivity contribution in [3.05, 3.63) is 42.2 Å². The van der Waals surface area contributed by atoms with Gasteiger partial charge in [0.2, 0.25) is 0 Å². The van der Waals surface area contributed by atoms with E-state index in [1.807, 2.05) is 29.9 Å². The number of rotatable bonds is 6. The summed E-state index contributed by atoms with van der Waals surface area (Å²) in [7, 11) is 1.95. The fourth-order valence-corrected chi connectivity index (χ4v) is 2.04. The maximum absolute atomic E-state index is 4.45. The summed E-state index contributed by atoms with van der Waals surface area (Å²) in [6, 6.07) is 6.28. The monoisotopic (exact) mass is 259 g/mol. The van der Waals surface area contributed by atoms with E-state index in [1.165, 1.54) is 0 Å². The van der Waals surface area contributed by atoms with Crippen LogP contribution in [0.2, 0.25) is 0 Å². The van der Waals surface area contributed by atoms with Crippen LogP contribution in [-0.4, -0.2) is 19.7 Å². The SMILES string of the molecule is CC(C)C[C@@H](NCc1nncn1C)c1ccccn1. The van der Waals surface area contributed by atoms with Gasteiger partial charge >= 0.3 is 0 Å². The standard InChI is InChI=1S/C14H21N5/c1-11(2)8-13(12-6-4-5-7-15-12)16-9-14-18-17-10-19(14)3/h4-7,10-11,13,16H,8-9H2,1-3H3/t13-/m1/s1. The summed E-state index contributed by atoms with van der Waals surface area (Å²) in [5, 5.41) is 11.5. The Bertz CT molecular complexity index is 492. The highest BCUT2D eigenvalue weighted by molar-refractivity contribution is 5.09. The second-order valence-corrected chi connectivity index (χ2v) is 5.18. The summed E-state index contributed by atoms with van der Waals surface area (Å²) in [4.78, 5) is 4.45. The van der Waals surface area contributed by atoms with Crippen molar-refractivity contribution in [1.82, 2.24) is 25.1 Å². The minimum Gasteiger partial charge on any atom is -0.320 e. The highest BCUT2D eigenvalue weighted by atomic mass is 15.3. The van der Waals surface area contributed by atoms with Gasteiger partial charge in [0.1, 0.15) is 12.2 Å². The molecule has 0 bridgehead atoms. The number of aryl methyl sites for hydroxylation is 1. The smallest absolute Gasteiger partial charge is 0.146 e. The third-order valence-electron chi connectivity index (χ3n) is 3.06. The van der Waals surface area contributed by atoms with E-state index >= 15 is 0 Å². The van der Waals surface area contributed by atoms with Gasteiger partial charge in [-0.05, 0) is 24.5 Å². The molecule has 0 radical (unpaired) electrons. The summed E-state index contributed by atoms with van der Waals surface area (Å²) >= 11 is 0. The minimum atomic E-state index is 0.248. The first-order chi connectivity index (χ1) is 9.16. The molecule has 2 aromatic heterocycles. The van der Waals surface area contributed by atoms with E-state index in [2.05, 4.69) is 40.4 Å². The van der Waals surface area contributed by atoms with Gasteiger partial charge in [0.15, 0.2) is 0 Å². The highest BCUT2D eigenvalue weighted by Crippen LogP contribution is 2.19. The molecule has 1 atom stereocenters. The highest BCUT2D eigenvalue weighted by Gasteiger charge is 2.14. The quantitative estimate of drug-likeness (QED) is 0.863. The predicted molar refractivity (Wildman–Crippen MR) is 74.3 cm³/mol. The van der Waals surface area contributed by atoms with Crippen LogP contribution < -0.4 is 5.32 Å². The molecule has 0 fully saturated rings. The molecule has 0 saturated carbocycles. The van der Waals surface area contributed by atoms with Gasteiger partial charge < -0.3 is 9.88 Å².